The minimum absolute atomic E-state index is 0.0419. The van der Waals surface area contributed by atoms with Gasteiger partial charge < -0.3 is 9.30 Å². The van der Waals surface area contributed by atoms with Crippen molar-refractivity contribution in [2.45, 2.75) is 6.54 Å². The Balaban J connectivity index is 1.89. The lowest BCUT2D eigenvalue weighted by atomic mass is 10.0. The maximum Gasteiger partial charge on any atom is 0.325 e. The van der Waals surface area contributed by atoms with E-state index in [9.17, 15) is 9.59 Å². The normalized spacial score (nSPS) is 11.9. The monoisotopic (exact) mass is 410 g/mol. The summed E-state index contributed by atoms with van der Waals surface area (Å²) in [7, 11) is 1.33. The van der Waals surface area contributed by atoms with Gasteiger partial charge in [0.15, 0.2) is 4.80 Å². The molecule has 0 aliphatic rings. The first-order chi connectivity index (χ1) is 13.6. The van der Waals surface area contributed by atoms with Gasteiger partial charge in [0, 0.05) is 10.6 Å². The van der Waals surface area contributed by atoms with E-state index in [0.717, 1.165) is 21.0 Å². The van der Waals surface area contributed by atoms with Crippen molar-refractivity contribution in [3.8, 4) is 0 Å². The quantitative estimate of drug-likeness (QED) is 0.469. The van der Waals surface area contributed by atoms with Gasteiger partial charge in [-0.1, -0.05) is 59.3 Å². The third-order valence-corrected chi connectivity index (χ3v) is 5.65. The predicted octanol–water partition coefficient (Wildman–Crippen LogP) is 4.42. The van der Waals surface area contributed by atoms with Gasteiger partial charge in [-0.15, -0.1) is 0 Å². The lowest BCUT2D eigenvalue weighted by Gasteiger charge is -2.04. The van der Waals surface area contributed by atoms with Crippen molar-refractivity contribution < 1.29 is 14.3 Å². The fourth-order valence-electron chi connectivity index (χ4n) is 3.04. The van der Waals surface area contributed by atoms with E-state index in [1.165, 1.54) is 18.4 Å². The first-order valence-corrected chi connectivity index (χ1v) is 9.69. The molecule has 3 aromatic carbocycles. The van der Waals surface area contributed by atoms with E-state index in [2.05, 4.69) is 4.99 Å². The number of thiazole rings is 1. The number of rotatable bonds is 3. The lowest BCUT2D eigenvalue weighted by Crippen LogP contribution is -2.22. The average Bonchev–Trinajstić information content (AvgIpc) is 3.03. The Morgan fingerprint density at radius 1 is 1.11 bits per heavy atom. The van der Waals surface area contributed by atoms with Crippen molar-refractivity contribution in [1.29, 1.82) is 0 Å². The molecule has 1 aromatic heterocycles. The van der Waals surface area contributed by atoms with Crippen LogP contribution in [0.2, 0.25) is 5.02 Å². The Morgan fingerprint density at radius 2 is 1.89 bits per heavy atom. The molecule has 0 spiro atoms. The van der Waals surface area contributed by atoms with Crippen LogP contribution in [0.3, 0.4) is 0 Å². The Hall–Kier alpha value is -2.96. The zero-order chi connectivity index (χ0) is 19.7. The van der Waals surface area contributed by atoms with Gasteiger partial charge in [0.05, 0.1) is 17.3 Å². The Kier molecular flexibility index (Phi) is 4.98. The van der Waals surface area contributed by atoms with E-state index in [0.29, 0.717) is 15.4 Å². The molecule has 0 aliphatic heterocycles. The SMILES string of the molecule is COC(=O)Cn1c(=NC(=O)c2cccc3ccccc23)sc2cc(Cl)ccc21. The van der Waals surface area contributed by atoms with E-state index in [1.54, 1.807) is 28.8 Å². The third kappa shape index (κ3) is 3.44. The van der Waals surface area contributed by atoms with Gasteiger partial charge in [0.1, 0.15) is 6.54 Å². The second-order valence-corrected chi connectivity index (χ2v) is 7.55. The van der Waals surface area contributed by atoms with Gasteiger partial charge in [-0.2, -0.15) is 4.99 Å². The highest BCUT2D eigenvalue weighted by molar-refractivity contribution is 7.16. The highest BCUT2D eigenvalue weighted by atomic mass is 35.5. The smallest absolute Gasteiger partial charge is 0.325 e. The van der Waals surface area contributed by atoms with E-state index in [-0.39, 0.29) is 12.5 Å². The van der Waals surface area contributed by atoms with E-state index >= 15 is 0 Å². The highest BCUT2D eigenvalue weighted by Gasteiger charge is 2.14. The Bertz CT molecular complexity index is 1280. The van der Waals surface area contributed by atoms with Crippen LogP contribution in [-0.4, -0.2) is 23.6 Å². The predicted molar refractivity (Wildman–Crippen MR) is 111 cm³/mol. The van der Waals surface area contributed by atoms with Gasteiger partial charge in [-0.05, 0) is 35.0 Å². The van der Waals surface area contributed by atoms with Gasteiger partial charge in [-0.25, -0.2) is 0 Å². The number of carbonyl (C=O) groups is 2. The second-order valence-electron chi connectivity index (χ2n) is 6.10. The fourth-order valence-corrected chi connectivity index (χ4v) is 4.34. The van der Waals surface area contributed by atoms with Crippen molar-refractivity contribution in [1.82, 2.24) is 4.57 Å². The largest absolute Gasteiger partial charge is 0.468 e. The number of hydrogen-bond donors (Lipinski definition) is 0. The molecule has 1 amide bonds. The summed E-state index contributed by atoms with van der Waals surface area (Å²) in [5, 5.41) is 2.38. The topological polar surface area (TPSA) is 60.7 Å². The third-order valence-electron chi connectivity index (χ3n) is 4.38. The summed E-state index contributed by atoms with van der Waals surface area (Å²) < 4.78 is 7.30. The van der Waals surface area contributed by atoms with Crippen LogP contribution in [0.15, 0.2) is 65.7 Å². The average molecular weight is 411 g/mol. The fraction of sp³-hybridized carbons (Fsp3) is 0.0952. The summed E-state index contributed by atoms with van der Waals surface area (Å²) in [6, 6.07) is 18.5. The van der Waals surface area contributed by atoms with Gasteiger partial charge in [0.25, 0.3) is 5.91 Å². The maximum absolute atomic E-state index is 13.0. The lowest BCUT2D eigenvalue weighted by molar-refractivity contribution is -0.141. The number of ether oxygens (including phenoxy) is 1. The number of amides is 1. The van der Waals surface area contributed by atoms with Crippen LogP contribution in [0.5, 0.6) is 0 Å². The standard InChI is InChI=1S/C21H15ClN2O3S/c1-27-19(25)12-24-17-10-9-14(22)11-18(17)28-21(24)23-20(26)16-8-4-6-13-5-2-3-7-15(13)16/h2-11H,12H2,1H3. The highest BCUT2D eigenvalue weighted by Crippen LogP contribution is 2.23. The first kappa shape index (κ1) is 18.4. The minimum atomic E-state index is -0.422. The van der Waals surface area contributed by atoms with Crippen molar-refractivity contribution in [3.05, 3.63) is 76.1 Å². The summed E-state index contributed by atoms with van der Waals surface area (Å²) in [6.07, 6.45) is 0. The number of benzene rings is 3. The number of carbonyl (C=O) groups excluding carboxylic acids is 2. The van der Waals surface area contributed by atoms with Crippen LogP contribution in [0.4, 0.5) is 0 Å². The van der Waals surface area contributed by atoms with Crippen LogP contribution < -0.4 is 4.80 Å². The number of esters is 1. The van der Waals surface area contributed by atoms with Gasteiger partial charge >= 0.3 is 5.97 Å². The molecular formula is C21H15ClN2O3S. The maximum atomic E-state index is 13.0. The van der Waals surface area contributed by atoms with E-state index in [4.69, 9.17) is 16.3 Å². The van der Waals surface area contributed by atoms with Crippen LogP contribution in [0, 0.1) is 0 Å². The molecule has 0 saturated carbocycles. The molecular weight excluding hydrogens is 396 g/mol. The number of hydrogen-bond acceptors (Lipinski definition) is 4. The minimum Gasteiger partial charge on any atom is -0.468 e. The molecule has 0 bridgehead atoms. The Morgan fingerprint density at radius 3 is 2.71 bits per heavy atom. The summed E-state index contributed by atoms with van der Waals surface area (Å²) in [6.45, 7) is -0.0419. The molecule has 7 heteroatoms. The number of halogens is 1. The van der Waals surface area contributed by atoms with Crippen LogP contribution >= 0.6 is 22.9 Å². The molecule has 0 N–H and O–H groups in total. The van der Waals surface area contributed by atoms with Crippen molar-refractivity contribution in [2.24, 2.45) is 4.99 Å². The molecule has 140 valence electrons. The van der Waals surface area contributed by atoms with Crippen LogP contribution in [0.25, 0.3) is 21.0 Å². The summed E-state index contributed by atoms with van der Waals surface area (Å²) in [5.41, 5.74) is 1.28. The molecule has 0 atom stereocenters. The number of methoxy groups -OCH3 is 1. The molecule has 0 saturated heterocycles. The molecule has 28 heavy (non-hydrogen) atoms. The summed E-state index contributed by atoms with van der Waals surface area (Å²) in [5.74, 6) is -0.790. The second kappa shape index (κ2) is 7.58. The van der Waals surface area contributed by atoms with Crippen molar-refractivity contribution in [2.75, 3.05) is 7.11 Å². The zero-order valence-electron chi connectivity index (χ0n) is 14.9. The van der Waals surface area contributed by atoms with E-state index < -0.39 is 5.97 Å². The molecule has 4 rings (SSSR count). The van der Waals surface area contributed by atoms with Crippen LogP contribution in [0.1, 0.15) is 10.4 Å². The van der Waals surface area contributed by atoms with Gasteiger partial charge in [0.2, 0.25) is 0 Å². The Labute approximate surface area is 169 Å². The number of nitrogens with zero attached hydrogens (tertiary/aromatic N) is 2. The molecule has 5 nitrogen and oxygen atoms in total. The van der Waals surface area contributed by atoms with Gasteiger partial charge in [-0.3, -0.25) is 9.59 Å². The molecule has 4 aromatic rings. The van der Waals surface area contributed by atoms with Crippen molar-refractivity contribution in [3.63, 3.8) is 0 Å². The molecule has 0 unspecified atom stereocenters. The zero-order valence-corrected chi connectivity index (χ0v) is 16.5. The number of fused-ring (bicyclic) bond motifs is 2. The molecule has 0 aliphatic carbocycles. The molecule has 1 heterocycles. The number of aromatic nitrogens is 1. The molecule has 0 radical (unpaired) electrons. The summed E-state index contributed by atoms with van der Waals surface area (Å²) >= 11 is 7.39. The van der Waals surface area contributed by atoms with Crippen molar-refractivity contribution >= 4 is 55.8 Å². The summed E-state index contributed by atoms with van der Waals surface area (Å²) in [4.78, 5) is 29.6. The van der Waals surface area contributed by atoms with E-state index in [1.807, 2.05) is 36.4 Å². The first-order valence-electron chi connectivity index (χ1n) is 8.49. The molecule has 0 fully saturated rings. The van der Waals surface area contributed by atoms with Crippen LogP contribution in [-0.2, 0) is 16.1 Å².